The molecule has 0 radical (unpaired) electrons. The van der Waals surface area contributed by atoms with Crippen LogP contribution in [0.1, 0.15) is 20.8 Å². The second kappa shape index (κ2) is 7.31. The van der Waals surface area contributed by atoms with Crippen LogP contribution in [0.5, 0.6) is 0 Å². The Balaban J connectivity index is 1.72. The van der Waals surface area contributed by atoms with Gasteiger partial charge in [-0.15, -0.1) is 0 Å². The number of fused-ring (bicyclic) bond motifs is 5. The molecule has 33 heavy (non-hydrogen) atoms. The molecule has 0 aliphatic carbocycles. The molecule has 0 unspecified atom stereocenters. The van der Waals surface area contributed by atoms with Crippen LogP contribution in [0.3, 0.4) is 0 Å². The summed E-state index contributed by atoms with van der Waals surface area (Å²) >= 11 is 0. The summed E-state index contributed by atoms with van der Waals surface area (Å²) < 4.78 is 33.0. The van der Waals surface area contributed by atoms with Gasteiger partial charge in [-0.2, -0.15) is 0 Å². The number of hydrogen-bond acceptors (Lipinski definition) is 1. The molecule has 0 amide bonds. The molecule has 0 bridgehead atoms. The lowest BCUT2D eigenvalue weighted by molar-refractivity contribution is -0.660. The number of nitrogens with zero attached hydrogens (tertiary/aromatic N) is 1. The van der Waals surface area contributed by atoms with Crippen LogP contribution in [0.2, 0.25) is 0 Å². The zero-order valence-corrected chi connectivity index (χ0v) is 18.9. The Morgan fingerprint density at radius 1 is 0.758 bits per heavy atom. The van der Waals surface area contributed by atoms with Crippen molar-refractivity contribution in [3.05, 3.63) is 102 Å². The molecule has 6 aromatic rings. The van der Waals surface area contributed by atoms with Gasteiger partial charge in [0.2, 0.25) is 5.69 Å². The number of aryl methyl sites for hydroxylation is 4. The van der Waals surface area contributed by atoms with E-state index < -0.39 is 6.85 Å². The maximum atomic E-state index is 8.18. The third-order valence-electron chi connectivity index (χ3n) is 6.68. The average molecular weight is 432 g/mol. The minimum Gasteiger partial charge on any atom is -0.455 e. The molecule has 0 saturated carbocycles. The number of rotatable bonds is 2. The standard InChI is InChI=1S/C31H26NO/c1-19-14-15-25-30-24-13-9-8-12-23(24)20(2)16-28(30)33-31(25)29(19)27-17-26(21(3)18-32(27)4)22-10-6-5-7-11-22/h5-18H,1-4H3/q+1/i3D3. The molecule has 0 saturated heterocycles. The summed E-state index contributed by atoms with van der Waals surface area (Å²) in [5, 5.41) is 4.56. The van der Waals surface area contributed by atoms with Gasteiger partial charge in [-0.05, 0) is 59.8 Å². The van der Waals surface area contributed by atoms with E-state index in [-0.39, 0.29) is 0 Å². The van der Waals surface area contributed by atoms with Gasteiger partial charge >= 0.3 is 0 Å². The third kappa shape index (κ3) is 2.98. The van der Waals surface area contributed by atoms with Gasteiger partial charge in [0.25, 0.3) is 0 Å². The minimum absolute atomic E-state index is 0.330. The van der Waals surface area contributed by atoms with E-state index in [2.05, 4.69) is 56.3 Å². The molecule has 0 N–H and O–H groups in total. The van der Waals surface area contributed by atoms with Crippen molar-refractivity contribution in [3.63, 3.8) is 0 Å². The summed E-state index contributed by atoms with van der Waals surface area (Å²) in [5.74, 6) is 0. The van der Waals surface area contributed by atoms with E-state index >= 15 is 0 Å². The normalized spacial score (nSPS) is 13.4. The first kappa shape index (κ1) is 16.7. The Bertz CT molecular complexity index is 1800. The zero-order valence-electron chi connectivity index (χ0n) is 21.9. The highest BCUT2D eigenvalue weighted by atomic mass is 16.3. The fourth-order valence-corrected chi connectivity index (χ4v) is 5.05. The monoisotopic (exact) mass is 431 g/mol. The topological polar surface area (TPSA) is 17.0 Å². The summed E-state index contributed by atoms with van der Waals surface area (Å²) in [4.78, 5) is 0. The van der Waals surface area contributed by atoms with E-state index in [0.717, 1.165) is 44.3 Å². The second-order valence-corrected chi connectivity index (χ2v) is 8.81. The molecule has 0 fully saturated rings. The van der Waals surface area contributed by atoms with Gasteiger partial charge < -0.3 is 4.42 Å². The van der Waals surface area contributed by atoms with Gasteiger partial charge in [0, 0.05) is 26.5 Å². The molecule has 2 heteroatoms. The van der Waals surface area contributed by atoms with Crippen molar-refractivity contribution in [2.45, 2.75) is 20.7 Å². The van der Waals surface area contributed by atoms with Crippen LogP contribution in [0.4, 0.5) is 0 Å². The molecular weight excluding hydrogens is 402 g/mol. The Hall–Kier alpha value is -3.91. The largest absolute Gasteiger partial charge is 0.455 e. The maximum Gasteiger partial charge on any atom is 0.216 e. The highest BCUT2D eigenvalue weighted by Gasteiger charge is 2.23. The van der Waals surface area contributed by atoms with Crippen molar-refractivity contribution in [2.75, 3.05) is 0 Å². The molecule has 4 aromatic carbocycles. The Kier molecular flexibility index (Phi) is 3.70. The molecule has 6 rings (SSSR count). The lowest BCUT2D eigenvalue weighted by atomic mass is 9.95. The zero-order chi connectivity index (χ0) is 25.2. The number of pyridine rings is 1. The Labute approximate surface area is 197 Å². The van der Waals surface area contributed by atoms with Crippen LogP contribution >= 0.6 is 0 Å². The molecule has 0 spiro atoms. The minimum atomic E-state index is -2.24. The number of aromatic nitrogens is 1. The van der Waals surface area contributed by atoms with Crippen molar-refractivity contribution in [2.24, 2.45) is 7.05 Å². The number of furan rings is 1. The van der Waals surface area contributed by atoms with Gasteiger partial charge in [-0.1, -0.05) is 66.7 Å². The first-order chi connectivity index (χ1) is 17.2. The molecular formula is C31H26NO+. The molecule has 0 aliphatic heterocycles. The first-order valence-electron chi connectivity index (χ1n) is 12.7. The summed E-state index contributed by atoms with van der Waals surface area (Å²) in [7, 11) is 1.90. The van der Waals surface area contributed by atoms with Gasteiger partial charge in [-0.3, -0.25) is 0 Å². The van der Waals surface area contributed by atoms with E-state index in [1.165, 1.54) is 16.3 Å². The lowest BCUT2D eigenvalue weighted by Crippen LogP contribution is -2.31. The summed E-state index contributed by atoms with van der Waals surface area (Å²) in [5.41, 5.74) is 7.71. The van der Waals surface area contributed by atoms with Crippen LogP contribution in [0, 0.1) is 20.7 Å². The Morgan fingerprint density at radius 2 is 1.52 bits per heavy atom. The second-order valence-electron chi connectivity index (χ2n) is 8.81. The van der Waals surface area contributed by atoms with Crippen LogP contribution in [-0.2, 0) is 7.05 Å². The molecule has 2 nitrogen and oxygen atoms in total. The van der Waals surface area contributed by atoms with Crippen molar-refractivity contribution >= 4 is 32.7 Å². The van der Waals surface area contributed by atoms with Crippen molar-refractivity contribution in [3.8, 4) is 22.4 Å². The lowest BCUT2D eigenvalue weighted by Gasteiger charge is -2.10. The Morgan fingerprint density at radius 3 is 2.30 bits per heavy atom. The predicted molar refractivity (Wildman–Crippen MR) is 137 cm³/mol. The molecule has 2 aromatic heterocycles. The van der Waals surface area contributed by atoms with E-state index in [4.69, 9.17) is 8.53 Å². The molecule has 0 aliphatic rings. The van der Waals surface area contributed by atoms with Gasteiger partial charge in [0.05, 0.1) is 5.56 Å². The fraction of sp³-hybridized carbons (Fsp3) is 0.129. The van der Waals surface area contributed by atoms with Crippen LogP contribution in [-0.4, -0.2) is 0 Å². The van der Waals surface area contributed by atoms with Crippen molar-refractivity contribution in [1.82, 2.24) is 0 Å². The van der Waals surface area contributed by atoms with Crippen molar-refractivity contribution in [1.29, 1.82) is 0 Å². The van der Waals surface area contributed by atoms with E-state index in [0.29, 0.717) is 11.1 Å². The van der Waals surface area contributed by atoms with Crippen LogP contribution in [0.25, 0.3) is 55.1 Å². The number of hydrogen-bond donors (Lipinski definition) is 0. The fourth-order valence-electron chi connectivity index (χ4n) is 5.05. The summed E-state index contributed by atoms with van der Waals surface area (Å²) in [6.45, 7) is 1.95. The third-order valence-corrected chi connectivity index (χ3v) is 6.68. The van der Waals surface area contributed by atoms with Gasteiger partial charge in [-0.25, -0.2) is 4.57 Å². The predicted octanol–water partition coefficient (Wildman–Crippen LogP) is 7.82. The van der Waals surface area contributed by atoms with E-state index in [9.17, 15) is 0 Å². The summed E-state index contributed by atoms with van der Waals surface area (Å²) in [6.07, 6.45) is 1.74. The van der Waals surface area contributed by atoms with E-state index in [1.54, 1.807) is 6.20 Å². The molecule has 160 valence electrons. The van der Waals surface area contributed by atoms with Crippen LogP contribution in [0.15, 0.2) is 89.5 Å². The maximum absolute atomic E-state index is 8.18. The number of benzene rings is 4. The smallest absolute Gasteiger partial charge is 0.216 e. The van der Waals surface area contributed by atoms with Gasteiger partial charge in [0.1, 0.15) is 18.2 Å². The molecule has 2 heterocycles. The molecule has 0 atom stereocenters. The summed E-state index contributed by atoms with van der Waals surface area (Å²) in [6, 6.07) is 26.5. The highest BCUT2D eigenvalue weighted by Crippen LogP contribution is 2.41. The average Bonchev–Trinajstić information content (AvgIpc) is 3.22. The van der Waals surface area contributed by atoms with Gasteiger partial charge in [0.15, 0.2) is 6.20 Å². The SMILES string of the molecule is [2H]C([2H])([2H])c1c[n+](C)c(-c2c(C)ccc3c2oc2cc(C)c4ccccc4c23)cc1-c1ccccc1. The van der Waals surface area contributed by atoms with Crippen molar-refractivity contribution < 1.29 is 13.1 Å². The highest BCUT2D eigenvalue weighted by molar-refractivity contribution is 6.21. The first-order valence-corrected chi connectivity index (χ1v) is 11.2. The van der Waals surface area contributed by atoms with E-state index in [1.807, 2.05) is 48.0 Å². The van der Waals surface area contributed by atoms with Crippen LogP contribution < -0.4 is 4.57 Å². The quantitative estimate of drug-likeness (QED) is 0.255.